The normalized spacial score (nSPS) is 19.2. The van der Waals surface area contributed by atoms with E-state index in [1.165, 1.54) is 4.31 Å². The third-order valence-corrected chi connectivity index (χ3v) is 6.54. The summed E-state index contributed by atoms with van der Waals surface area (Å²) in [5.41, 5.74) is 1.31. The molecule has 9 nitrogen and oxygen atoms in total. The van der Waals surface area contributed by atoms with E-state index in [0.717, 1.165) is 5.69 Å². The molecule has 1 atom stereocenters. The predicted molar refractivity (Wildman–Crippen MR) is 93.1 cm³/mol. The maximum Gasteiger partial charge on any atom is 0.246 e. The maximum atomic E-state index is 13.3. The van der Waals surface area contributed by atoms with Crippen LogP contribution in [-0.2, 0) is 41.1 Å². The van der Waals surface area contributed by atoms with Crippen molar-refractivity contribution in [2.24, 2.45) is 7.05 Å². The van der Waals surface area contributed by atoms with E-state index in [0.29, 0.717) is 41.6 Å². The Morgan fingerprint density at radius 2 is 1.92 bits per heavy atom. The predicted octanol–water partition coefficient (Wildman–Crippen LogP) is 1.25. The third kappa shape index (κ3) is 3.28. The fourth-order valence-electron chi connectivity index (χ4n) is 3.18. The second-order valence-electron chi connectivity index (χ2n) is 6.16. The minimum Gasteiger partial charge on any atom is -0.422 e. The highest BCUT2D eigenvalue weighted by Gasteiger charge is 2.37. The summed E-state index contributed by atoms with van der Waals surface area (Å²) < 4.78 is 41.0. The monoisotopic (exact) mass is 383 g/mol. The van der Waals surface area contributed by atoms with Crippen molar-refractivity contribution in [2.75, 3.05) is 19.7 Å². The molecule has 0 spiro atoms. The van der Waals surface area contributed by atoms with Gasteiger partial charge in [0.2, 0.25) is 21.8 Å². The van der Waals surface area contributed by atoms with Crippen molar-refractivity contribution < 1.29 is 17.6 Å². The number of aryl methyl sites for hydroxylation is 3. The molecule has 10 heteroatoms. The Bertz CT molecular complexity index is 873. The van der Waals surface area contributed by atoms with Crippen LogP contribution in [0.5, 0.6) is 0 Å². The molecule has 1 aliphatic heterocycles. The van der Waals surface area contributed by atoms with Crippen molar-refractivity contribution in [3.05, 3.63) is 23.2 Å². The number of morpholine rings is 1. The highest BCUT2D eigenvalue weighted by Crippen LogP contribution is 2.29. The van der Waals surface area contributed by atoms with Gasteiger partial charge in [-0.05, 0) is 12.8 Å². The van der Waals surface area contributed by atoms with Gasteiger partial charge < -0.3 is 9.15 Å². The minimum atomic E-state index is -3.69. The van der Waals surface area contributed by atoms with Gasteiger partial charge in [0.25, 0.3) is 0 Å². The average molecular weight is 383 g/mol. The van der Waals surface area contributed by atoms with Crippen molar-refractivity contribution >= 4 is 10.0 Å². The lowest BCUT2D eigenvalue weighted by atomic mass is 10.2. The van der Waals surface area contributed by atoms with E-state index < -0.39 is 16.1 Å². The first-order valence-corrected chi connectivity index (χ1v) is 10.3. The van der Waals surface area contributed by atoms with Gasteiger partial charge in [-0.15, -0.1) is 10.2 Å². The zero-order chi connectivity index (χ0) is 18.9. The van der Waals surface area contributed by atoms with E-state index in [2.05, 4.69) is 15.3 Å². The van der Waals surface area contributed by atoms with Gasteiger partial charge >= 0.3 is 0 Å². The van der Waals surface area contributed by atoms with Crippen LogP contribution in [0, 0.1) is 0 Å². The quantitative estimate of drug-likeness (QED) is 0.739. The molecule has 3 rings (SSSR count). The first-order valence-electron chi connectivity index (χ1n) is 8.91. The molecule has 0 N–H and O–H groups in total. The fourth-order valence-corrected chi connectivity index (χ4v) is 5.14. The zero-order valence-electron chi connectivity index (χ0n) is 15.6. The second kappa shape index (κ2) is 7.45. The van der Waals surface area contributed by atoms with Crippen LogP contribution in [-0.4, -0.2) is 52.4 Å². The van der Waals surface area contributed by atoms with Crippen molar-refractivity contribution in [3.8, 4) is 0 Å². The lowest BCUT2D eigenvalue weighted by molar-refractivity contribution is -0.0178. The summed E-state index contributed by atoms with van der Waals surface area (Å²) in [6.07, 6.45) is 1.21. The van der Waals surface area contributed by atoms with Crippen LogP contribution in [0.1, 0.15) is 50.0 Å². The highest BCUT2D eigenvalue weighted by molar-refractivity contribution is 7.89. The number of hydrogen-bond donors (Lipinski definition) is 0. The van der Waals surface area contributed by atoms with Gasteiger partial charge in [0, 0.05) is 26.6 Å². The van der Waals surface area contributed by atoms with Crippen molar-refractivity contribution in [1.29, 1.82) is 0 Å². The molecule has 0 aromatic carbocycles. The van der Waals surface area contributed by atoms with Crippen molar-refractivity contribution in [1.82, 2.24) is 24.3 Å². The van der Waals surface area contributed by atoms with Gasteiger partial charge in [-0.1, -0.05) is 20.8 Å². The summed E-state index contributed by atoms with van der Waals surface area (Å²) in [5.74, 6) is 0.830. The Labute approximate surface area is 153 Å². The van der Waals surface area contributed by atoms with E-state index in [-0.39, 0.29) is 19.7 Å². The number of aromatic nitrogens is 4. The maximum absolute atomic E-state index is 13.3. The Balaban J connectivity index is 1.92. The van der Waals surface area contributed by atoms with Crippen molar-refractivity contribution in [2.45, 2.75) is 51.0 Å². The van der Waals surface area contributed by atoms with Crippen molar-refractivity contribution in [3.63, 3.8) is 0 Å². The fraction of sp³-hybridized carbons (Fsp3) is 0.688. The van der Waals surface area contributed by atoms with Crippen LogP contribution in [0.3, 0.4) is 0 Å². The van der Waals surface area contributed by atoms with Gasteiger partial charge in [-0.25, -0.2) is 8.42 Å². The molecule has 0 saturated carbocycles. The molecule has 26 heavy (non-hydrogen) atoms. The molecule has 3 heterocycles. The largest absolute Gasteiger partial charge is 0.422 e. The van der Waals surface area contributed by atoms with Gasteiger partial charge in [0.15, 0.2) is 0 Å². The number of sulfonamides is 1. The molecule has 0 amide bonds. The van der Waals surface area contributed by atoms with Gasteiger partial charge in [-0.3, -0.25) is 4.68 Å². The highest BCUT2D eigenvalue weighted by atomic mass is 32.2. The molecule has 144 valence electrons. The lowest BCUT2D eigenvalue weighted by Crippen LogP contribution is -2.42. The van der Waals surface area contributed by atoms with Crippen LogP contribution in [0.15, 0.2) is 9.31 Å². The molecular weight excluding hydrogens is 358 g/mol. The summed E-state index contributed by atoms with van der Waals surface area (Å²) in [6.45, 7) is 6.47. The summed E-state index contributed by atoms with van der Waals surface area (Å²) in [4.78, 5) is 0.324. The van der Waals surface area contributed by atoms with E-state index in [1.807, 2.05) is 20.8 Å². The standard InChI is InChI=1S/C16H25N5O4S/c1-5-11-15(12(6-2)20(4)19-11)26(22,23)21-8-9-24-13(10-21)16-18-17-14(7-3)25-16/h13H,5-10H2,1-4H3/t13-/m1/s1. The summed E-state index contributed by atoms with van der Waals surface area (Å²) >= 11 is 0. The molecule has 0 radical (unpaired) electrons. The van der Waals surface area contributed by atoms with Gasteiger partial charge in [-0.2, -0.15) is 9.40 Å². The van der Waals surface area contributed by atoms with Crippen LogP contribution >= 0.6 is 0 Å². The van der Waals surface area contributed by atoms with Crippen LogP contribution < -0.4 is 0 Å². The lowest BCUT2D eigenvalue weighted by Gasteiger charge is -2.30. The summed E-state index contributed by atoms with van der Waals surface area (Å²) in [6, 6.07) is 0. The molecule has 1 aliphatic rings. The number of ether oxygens (including phenoxy) is 1. The number of nitrogens with zero attached hydrogens (tertiary/aromatic N) is 5. The molecule has 0 bridgehead atoms. The molecule has 0 aliphatic carbocycles. The smallest absolute Gasteiger partial charge is 0.246 e. The average Bonchev–Trinajstić information content (AvgIpc) is 3.25. The van der Waals surface area contributed by atoms with Gasteiger partial charge in [0.1, 0.15) is 11.0 Å². The SMILES string of the molecule is CCc1nnc([C@H]2CN(S(=O)(=O)c3c(CC)nn(C)c3CC)CCO2)o1. The Kier molecular flexibility index (Phi) is 5.44. The van der Waals surface area contributed by atoms with Gasteiger partial charge in [0.05, 0.1) is 18.0 Å². The number of hydrogen-bond acceptors (Lipinski definition) is 7. The molecular formula is C16H25N5O4S. The Morgan fingerprint density at radius 3 is 2.54 bits per heavy atom. The van der Waals surface area contributed by atoms with Crippen LogP contribution in [0.2, 0.25) is 0 Å². The molecule has 0 unspecified atom stereocenters. The second-order valence-corrected chi connectivity index (χ2v) is 8.04. The Morgan fingerprint density at radius 1 is 1.15 bits per heavy atom. The van der Waals surface area contributed by atoms with E-state index in [9.17, 15) is 8.42 Å². The minimum absolute atomic E-state index is 0.148. The van der Waals surface area contributed by atoms with Crippen LogP contribution in [0.25, 0.3) is 0 Å². The van der Waals surface area contributed by atoms with E-state index in [1.54, 1.807) is 11.7 Å². The first-order chi connectivity index (χ1) is 12.4. The van der Waals surface area contributed by atoms with E-state index in [4.69, 9.17) is 9.15 Å². The summed E-state index contributed by atoms with van der Waals surface area (Å²) in [7, 11) is -1.90. The van der Waals surface area contributed by atoms with E-state index >= 15 is 0 Å². The Hall–Kier alpha value is -1.78. The zero-order valence-corrected chi connectivity index (χ0v) is 16.4. The topological polar surface area (TPSA) is 103 Å². The summed E-state index contributed by atoms with van der Waals surface area (Å²) in [5, 5.41) is 12.3. The molecule has 1 saturated heterocycles. The molecule has 2 aromatic rings. The first kappa shape index (κ1) is 19.0. The molecule has 2 aromatic heterocycles. The van der Waals surface area contributed by atoms with Crippen LogP contribution in [0.4, 0.5) is 0 Å². The molecule has 1 fully saturated rings. The number of rotatable bonds is 6. The third-order valence-electron chi connectivity index (χ3n) is 4.54.